The Morgan fingerprint density at radius 1 is 1.26 bits per heavy atom. The summed E-state index contributed by atoms with van der Waals surface area (Å²) in [5.74, 6) is -1.92. The zero-order valence-electron chi connectivity index (χ0n) is 16.1. The number of nitrogens with one attached hydrogen (secondary N) is 1. The van der Waals surface area contributed by atoms with E-state index >= 15 is 0 Å². The molecular weight excluding hydrogens is 422 g/mol. The molecule has 1 saturated heterocycles. The van der Waals surface area contributed by atoms with E-state index in [1.165, 1.54) is 37.5 Å². The zero-order chi connectivity index (χ0) is 22.5. The van der Waals surface area contributed by atoms with Crippen LogP contribution in [-0.4, -0.2) is 41.7 Å². The topological polar surface area (TPSA) is 129 Å². The fraction of sp³-hybridized carbons (Fsp3) is 0.0952. The number of amides is 2. The number of aromatic carboxylic acids is 1. The van der Waals surface area contributed by atoms with Crippen molar-refractivity contribution in [1.29, 1.82) is 5.26 Å². The maximum atomic E-state index is 13.1. The first-order chi connectivity index (χ1) is 14.8. The Hall–Kier alpha value is -4.23. The van der Waals surface area contributed by atoms with Gasteiger partial charge in [0, 0.05) is 0 Å². The molecule has 2 N–H and O–H groups in total. The van der Waals surface area contributed by atoms with Crippen molar-refractivity contribution in [3.63, 3.8) is 0 Å². The van der Waals surface area contributed by atoms with Crippen LogP contribution in [0.3, 0.4) is 0 Å². The van der Waals surface area contributed by atoms with Crippen LogP contribution in [0.1, 0.15) is 15.9 Å². The van der Waals surface area contributed by atoms with E-state index < -0.39 is 17.8 Å². The third kappa shape index (κ3) is 4.52. The number of methoxy groups -OCH3 is 1. The van der Waals surface area contributed by atoms with Gasteiger partial charge in [0.1, 0.15) is 11.6 Å². The molecule has 2 aromatic carbocycles. The summed E-state index contributed by atoms with van der Waals surface area (Å²) in [7, 11) is 1.42. The van der Waals surface area contributed by atoms with Gasteiger partial charge in [-0.3, -0.25) is 19.8 Å². The van der Waals surface area contributed by atoms with Gasteiger partial charge in [0.05, 0.1) is 18.4 Å². The number of hydrogen-bond donors (Lipinski definition) is 2. The Labute approximate surface area is 182 Å². The van der Waals surface area contributed by atoms with Crippen molar-refractivity contribution < 1.29 is 29.0 Å². The third-order valence-electron chi connectivity index (χ3n) is 4.24. The first-order valence-electron chi connectivity index (χ1n) is 8.78. The molecule has 0 saturated carbocycles. The molecule has 1 heterocycles. The molecule has 2 aromatic rings. The number of hydrogen-bond acceptors (Lipinski definition) is 7. The van der Waals surface area contributed by atoms with Gasteiger partial charge in [-0.1, -0.05) is 12.1 Å². The second-order valence-electron chi connectivity index (χ2n) is 6.17. The van der Waals surface area contributed by atoms with E-state index in [0.29, 0.717) is 17.1 Å². The molecule has 0 atom stereocenters. The van der Waals surface area contributed by atoms with Crippen molar-refractivity contribution in [2.75, 3.05) is 18.6 Å². The zero-order valence-corrected chi connectivity index (χ0v) is 16.9. The van der Waals surface area contributed by atoms with Crippen molar-refractivity contribution in [3.05, 3.63) is 59.2 Å². The molecule has 3 rings (SSSR count). The average molecular weight is 437 g/mol. The molecule has 1 aliphatic rings. The van der Waals surface area contributed by atoms with Gasteiger partial charge in [0.25, 0.3) is 11.8 Å². The van der Waals surface area contributed by atoms with Gasteiger partial charge >= 0.3 is 5.97 Å². The number of carbonyl (C=O) groups excluding carboxylic acids is 2. The van der Waals surface area contributed by atoms with Crippen LogP contribution in [0.15, 0.2) is 48.0 Å². The molecule has 9 nitrogen and oxygen atoms in total. The molecule has 0 radical (unpaired) electrons. The van der Waals surface area contributed by atoms with Crippen LogP contribution in [0, 0.1) is 11.3 Å². The van der Waals surface area contributed by atoms with Crippen LogP contribution in [0.2, 0.25) is 0 Å². The summed E-state index contributed by atoms with van der Waals surface area (Å²) in [5.41, 5.74) is 0.431. The van der Waals surface area contributed by atoms with Crippen LogP contribution in [-0.2, 0) is 9.59 Å². The van der Waals surface area contributed by atoms with Gasteiger partial charge in [0.15, 0.2) is 23.2 Å². The molecule has 0 spiro atoms. The first-order valence-corrected chi connectivity index (χ1v) is 9.19. The number of benzene rings is 2. The van der Waals surface area contributed by atoms with Crippen molar-refractivity contribution in [2.45, 2.75) is 0 Å². The Kier molecular flexibility index (Phi) is 6.28. The lowest BCUT2D eigenvalue weighted by Crippen LogP contribution is -2.54. The Bertz CT molecular complexity index is 1170. The van der Waals surface area contributed by atoms with Crippen molar-refractivity contribution in [1.82, 2.24) is 5.32 Å². The van der Waals surface area contributed by atoms with E-state index in [9.17, 15) is 19.5 Å². The normalized spacial score (nSPS) is 14.8. The lowest BCUT2D eigenvalue weighted by Gasteiger charge is -2.29. The summed E-state index contributed by atoms with van der Waals surface area (Å²) in [4.78, 5) is 37.8. The minimum Gasteiger partial charge on any atom is -0.493 e. The summed E-state index contributed by atoms with van der Waals surface area (Å²) in [6.45, 7) is -0.167. The number of thiocarbonyl (C=S) groups is 1. The molecule has 31 heavy (non-hydrogen) atoms. The average Bonchev–Trinajstić information content (AvgIpc) is 2.75. The van der Waals surface area contributed by atoms with Crippen molar-refractivity contribution in [2.24, 2.45) is 0 Å². The number of carboxylic acid groups (broad SMARTS) is 1. The van der Waals surface area contributed by atoms with Gasteiger partial charge in [-0.25, -0.2) is 4.79 Å². The number of anilines is 1. The summed E-state index contributed by atoms with van der Waals surface area (Å²) in [5, 5.41) is 20.1. The molecule has 0 aromatic heterocycles. The molecule has 1 fully saturated rings. The summed E-state index contributed by atoms with van der Waals surface area (Å²) >= 11 is 5.12. The summed E-state index contributed by atoms with van der Waals surface area (Å²) in [6.07, 6.45) is 1.35. The molecule has 2 amide bonds. The first kappa shape index (κ1) is 21.5. The highest BCUT2D eigenvalue weighted by molar-refractivity contribution is 7.80. The quantitative estimate of drug-likeness (QED) is 0.399. The van der Waals surface area contributed by atoms with Gasteiger partial charge < -0.3 is 14.6 Å². The molecule has 0 aliphatic carbocycles. The molecule has 0 unspecified atom stereocenters. The smallest absolute Gasteiger partial charge is 0.335 e. The number of nitrogens with zero attached hydrogens (tertiary/aromatic N) is 2. The molecule has 1 aliphatic heterocycles. The van der Waals surface area contributed by atoms with Gasteiger partial charge in [0.2, 0.25) is 0 Å². The van der Waals surface area contributed by atoms with Crippen molar-refractivity contribution in [3.8, 4) is 17.6 Å². The molecule has 156 valence electrons. The van der Waals surface area contributed by atoms with E-state index in [1.54, 1.807) is 18.2 Å². The van der Waals surface area contributed by atoms with E-state index in [4.69, 9.17) is 27.0 Å². The van der Waals surface area contributed by atoms with Crippen LogP contribution in [0.4, 0.5) is 5.69 Å². The van der Waals surface area contributed by atoms with Crippen LogP contribution >= 0.6 is 12.2 Å². The van der Waals surface area contributed by atoms with Crippen molar-refractivity contribution >= 4 is 46.9 Å². The fourth-order valence-electron chi connectivity index (χ4n) is 2.84. The monoisotopic (exact) mass is 437 g/mol. The van der Waals surface area contributed by atoms with Gasteiger partial charge in [-0.15, -0.1) is 0 Å². The molecule has 0 bridgehead atoms. The maximum Gasteiger partial charge on any atom is 0.335 e. The second-order valence-corrected chi connectivity index (χ2v) is 6.56. The van der Waals surface area contributed by atoms with Gasteiger partial charge in [-0.05, 0) is 54.2 Å². The van der Waals surface area contributed by atoms with Crippen LogP contribution in [0.25, 0.3) is 6.08 Å². The summed E-state index contributed by atoms with van der Waals surface area (Å²) in [6, 6.07) is 12.2. The second kappa shape index (κ2) is 9.06. The minimum absolute atomic E-state index is 0.0341. The largest absolute Gasteiger partial charge is 0.493 e. The number of nitriles is 1. The molecule has 10 heteroatoms. The number of carboxylic acids is 1. The lowest BCUT2D eigenvalue weighted by atomic mass is 10.1. The number of rotatable bonds is 6. The van der Waals surface area contributed by atoms with Gasteiger partial charge in [-0.2, -0.15) is 5.26 Å². The van der Waals surface area contributed by atoms with Crippen LogP contribution in [0.5, 0.6) is 11.5 Å². The standard InChI is InChI=1S/C21H15N3O6S/c1-29-17-10-12(5-6-16(17)30-8-7-22)9-15-18(25)23-21(31)24(19(15)26)14-4-2-3-13(11-14)20(27)28/h2-6,9-11H,8H2,1H3,(H,27,28)(H,23,25,31). The molecular formula is C21H15N3O6S. The Balaban J connectivity index is 1.98. The van der Waals surface area contributed by atoms with E-state index in [0.717, 1.165) is 4.90 Å². The highest BCUT2D eigenvalue weighted by Gasteiger charge is 2.34. The number of carbonyl (C=O) groups is 3. The third-order valence-corrected chi connectivity index (χ3v) is 4.53. The number of ether oxygens (including phenoxy) is 2. The predicted molar refractivity (Wildman–Crippen MR) is 114 cm³/mol. The highest BCUT2D eigenvalue weighted by Crippen LogP contribution is 2.30. The Morgan fingerprint density at radius 3 is 2.71 bits per heavy atom. The lowest BCUT2D eigenvalue weighted by molar-refractivity contribution is -0.122. The van der Waals surface area contributed by atoms with Crippen LogP contribution < -0.4 is 19.7 Å². The highest BCUT2D eigenvalue weighted by atomic mass is 32.1. The fourth-order valence-corrected chi connectivity index (χ4v) is 3.12. The Morgan fingerprint density at radius 2 is 2.03 bits per heavy atom. The maximum absolute atomic E-state index is 13.1. The summed E-state index contributed by atoms with van der Waals surface area (Å²) < 4.78 is 10.5. The van der Waals surface area contributed by atoms with E-state index in [-0.39, 0.29) is 28.5 Å². The predicted octanol–water partition coefficient (Wildman–Crippen LogP) is 2.13. The van der Waals surface area contributed by atoms with E-state index in [2.05, 4.69) is 5.32 Å². The minimum atomic E-state index is -1.16. The van der Waals surface area contributed by atoms with E-state index in [1.807, 2.05) is 6.07 Å². The SMILES string of the molecule is COc1cc(C=C2C(=O)NC(=S)N(c3cccc(C(=O)O)c3)C2=O)ccc1OCC#N.